The monoisotopic (exact) mass is 420 g/mol. The minimum absolute atomic E-state index is 0. The van der Waals surface area contributed by atoms with Crippen LogP contribution in [0.3, 0.4) is 0 Å². The summed E-state index contributed by atoms with van der Waals surface area (Å²) in [5.41, 5.74) is 0. The SMILES string of the molecule is CC(C)c1noc(CN2CCC(C3CCCCCN3S(C)(=O)=O)CC2)n1.Cl. The normalized spacial score (nSPS) is 23.9. The summed E-state index contributed by atoms with van der Waals surface area (Å²) in [5.74, 6) is 2.17. The molecule has 7 nitrogen and oxygen atoms in total. The molecule has 3 rings (SSSR count). The van der Waals surface area contributed by atoms with E-state index < -0.39 is 10.0 Å². The van der Waals surface area contributed by atoms with Crippen molar-refractivity contribution in [1.82, 2.24) is 19.3 Å². The van der Waals surface area contributed by atoms with Crippen LogP contribution in [0.5, 0.6) is 0 Å². The molecule has 0 N–H and O–H groups in total. The van der Waals surface area contributed by atoms with Gasteiger partial charge in [-0.1, -0.05) is 31.8 Å². The molecule has 156 valence electrons. The lowest BCUT2D eigenvalue weighted by Crippen LogP contribution is -2.47. The predicted molar refractivity (Wildman–Crippen MR) is 107 cm³/mol. The Morgan fingerprint density at radius 2 is 1.81 bits per heavy atom. The van der Waals surface area contributed by atoms with Crippen LogP contribution < -0.4 is 0 Å². The molecule has 9 heteroatoms. The molecule has 0 spiro atoms. The van der Waals surface area contributed by atoms with Gasteiger partial charge in [0.2, 0.25) is 15.9 Å². The molecule has 0 bridgehead atoms. The van der Waals surface area contributed by atoms with Gasteiger partial charge in [-0.2, -0.15) is 9.29 Å². The second-order valence-corrected chi connectivity index (χ2v) is 10.0. The minimum Gasteiger partial charge on any atom is -0.338 e. The minimum atomic E-state index is -3.13. The van der Waals surface area contributed by atoms with E-state index in [1.807, 2.05) is 0 Å². The predicted octanol–water partition coefficient (Wildman–Crippen LogP) is 3.03. The maximum Gasteiger partial charge on any atom is 0.240 e. The molecule has 2 aliphatic rings. The Hall–Kier alpha value is -0.700. The molecule has 2 aliphatic heterocycles. The summed E-state index contributed by atoms with van der Waals surface area (Å²) in [6.07, 6.45) is 7.68. The molecule has 1 aromatic heterocycles. The highest BCUT2D eigenvalue weighted by Gasteiger charge is 2.35. The van der Waals surface area contributed by atoms with Crippen molar-refractivity contribution in [2.45, 2.75) is 70.9 Å². The Kier molecular flexibility index (Phi) is 8.09. The number of piperidine rings is 1. The van der Waals surface area contributed by atoms with Crippen molar-refractivity contribution in [2.24, 2.45) is 5.92 Å². The molecular formula is C18H33ClN4O3S. The van der Waals surface area contributed by atoms with Crippen molar-refractivity contribution in [2.75, 3.05) is 25.9 Å². The standard InChI is InChI=1S/C18H32N4O3S.ClH/c1-14(2)18-19-17(25-20-18)13-21-11-8-15(9-12-21)16-7-5-4-6-10-22(16)26(3,23)24;/h14-16H,4-13H2,1-3H3;1H. The first-order valence-electron chi connectivity index (χ1n) is 9.86. The number of sulfonamides is 1. The zero-order valence-corrected chi connectivity index (χ0v) is 18.3. The summed E-state index contributed by atoms with van der Waals surface area (Å²) in [7, 11) is -3.13. The number of likely N-dealkylation sites (tertiary alicyclic amines) is 1. The van der Waals surface area contributed by atoms with Gasteiger partial charge >= 0.3 is 0 Å². The molecule has 1 unspecified atom stereocenters. The molecule has 1 aromatic rings. The molecule has 2 fully saturated rings. The Bertz CT molecular complexity index is 687. The number of halogens is 1. The fourth-order valence-electron chi connectivity index (χ4n) is 4.24. The molecule has 0 amide bonds. The van der Waals surface area contributed by atoms with Crippen LogP contribution in [0.2, 0.25) is 0 Å². The van der Waals surface area contributed by atoms with Gasteiger partial charge in [-0.25, -0.2) is 8.42 Å². The molecule has 0 aromatic carbocycles. The van der Waals surface area contributed by atoms with Crippen LogP contribution in [-0.2, 0) is 16.6 Å². The smallest absolute Gasteiger partial charge is 0.240 e. The van der Waals surface area contributed by atoms with Crippen LogP contribution in [-0.4, -0.2) is 59.7 Å². The van der Waals surface area contributed by atoms with Gasteiger partial charge in [0.05, 0.1) is 12.8 Å². The number of rotatable bonds is 5. The summed E-state index contributed by atoms with van der Waals surface area (Å²) in [5, 5.41) is 4.03. The van der Waals surface area contributed by atoms with Gasteiger partial charge in [-0.05, 0) is 44.7 Å². The van der Waals surface area contributed by atoms with Crippen LogP contribution in [0.15, 0.2) is 4.52 Å². The van der Waals surface area contributed by atoms with Crippen molar-refractivity contribution in [3.63, 3.8) is 0 Å². The first-order valence-corrected chi connectivity index (χ1v) is 11.7. The summed E-state index contributed by atoms with van der Waals surface area (Å²) < 4.78 is 31.6. The molecular weight excluding hydrogens is 388 g/mol. The van der Waals surface area contributed by atoms with Gasteiger partial charge in [0.15, 0.2) is 5.82 Å². The first kappa shape index (κ1) is 22.6. The van der Waals surface area contributed by atoms with Gasteiger partial charge in [-0.15, -0.1) is 12.4 Å². The average molecular weight is 421 g/mol. The zero-order valence-electron chi connectivity index (χ0n) is 16.6. The van der Waals surface area contributed by atoms with E-state index in [0.717, 1.165) is 57.4 Å². The molecule has 27 heavy (non-hydrogen) atoms. The summed E-state index contributed by atoms with van der Waals surface area (Å²) in [4.78, 5) is 6.81. The molecule has 0 radical (unpaired) electrons. The Morgan fingerprint density at radius 3 is 2.41 bits per heavy atom. The van der Waals surface area contributed by atoms with Gasteiger partial charge in [0.1, 0.15) is 0 Å². The highest BCUT2D eigenvalue weighted by atomic mass is 35.5. The van der Waals surface area contributed by atoms with E-state index in [2.05, 4.69) is 28.9 Å². The highest BCUT2D eigenvalue weighted by Crippen LogP contribution is 2.31. The molecule has 0 saturated carbocycles. The Morgan fingerprint density at radius 1 is 1.11 bits per heavy atom. The maximum atomic E-state index is 12.2. The number of hydrogen-bond donors (Lipinski definition) is 0. The van der Waals surface area contributed by atoms with Crippen LogP contribution in [0.25, 0.3) is 0 Å². The van der Waals surface area contributed by atoms with Crippen molar-refractivity contribution >= 4 is 22.4 Å². The van der Waals surface area contributed by atoms with E-state index in [1.165, 1.54) is 6.26 Å². The Labute approximate surface area is 169 Å². The van der Waals surface area contributed by atoms with Crippen LogP contribution in [0.4, 0.5) is 0 Å². The lowest BCUT2D eigenvalue weighted by molar-refractivity contribution is 0.115. The number of nitrogens with zero attached hydrogens (tertiary/aromatic N) is 4. The molecule has 3 heterocycles. The third-order valence-electron chi connectivity index (χ3n) is 5.71. The Balaban J connectivity index is 0.00000261. The van der Waals surface area contributed by atoms with Crippen molar-refractivity contribution in [3.8, 4) is 0 Å². The zero-order chi connectivity index (χ0) is 18.7. The molecule has 2 saturated heterocycles. The first-order chi connectivity index (χ1) is 12.3. The van der Waals surface area contributed by atoms with E-state index in [4.69, 9.17) is 4.52 Å². The summed E-state index contributed by atoms with van der Waals surface area (Å²) >= 11 is 0. The van der Waals surface area contributed by atoms with E-state index in [-0.39, 0.29) is 24.4 Å². The fraction of sp³-hybridized carbons (Fsp3) is 0.889. The largest absolute Gasteiger partial charge is 0.338 e. The van der Waals surface area contributed by atoms with E-state index in [0.29, 0.717) is 24.9 Å². The fourth-order valence-corrected chi connectivity index (χ4v) is 5.47. The maximum absolute atomic E-state index is 12.2. The average Bonchev–Trinajstić information content (AvgIpc) is 2.89. The third-order valence-corrected chi connectivity index (χ3v) is 7.02. The van der Waals surface area contributed by atoms with Crippen molar-refractivity contribution in [3.05, 3.63) is 11.7 Å². The second-order valence-electron chi connectivity index (χ2n) is 8.10. The van der Waals surface area contributed by atoms with Crippen molar-refractivity contribution in [1.29, 1.82) is 0 Å². The molecule has 0 aliphatic carbocycles. The van der Waals surface area contributed by atoms with Gasteiger partial charge in [0, 0.05) is 18.5 Å². The van der Waals surface area contributed by atoms with Gasteiger partial charge in [0.25, 0.3) is 0 Å². The highest BCUT2D eigenvalue weighted by molar-refractivity contribution is 7.88. The second kappa shape index (κ2) is 9.67. The van der Waals surface area contributed by atoms with Crippen LogP contribution in [0, 0.1) is 5.92 Å². The number of hydrogen-bond acceptors (Lipinski definition) is 6. The van der Waals surface area contributed by atoms with E-state index in [1.54, 1.807) is 4.31 Å². The van der Waals surface area contributed by atoms with Gasteiger partial charge < -0.3 is 4.52 Å². The lowest BCUT2D eigenvalue weighted by atomic mass is 9.87. The quantitative estimate of drug-likeness (QED) is 0.728. The van der Waals surface area contributed by atoms with Crippen LogP contribution >= 0.6 is 12.4 Å². The molecule has 1 atom stereocenters. The van der Waals surface area contributed by atoms with Crippen LogP contribution in [0.1, 0.15) is 70.0 Å². The van der Waals surface area contributed by atoms with E-state index in [9.17, 15) is 8.42 Å². The van der Waals surface area contributed by atoms with Gasteiger partial charge in [-0.3, -0.25) is 4.90 Å². The summed E-state index contributed by atoms with van der Waals surface area (Å²) in [6, 6.07) is 0.172. The lowest BCUT2D eigenvalue weighted by Gasteiger charge is -2.39. The number of aromatic nitrogens is 2. The van der Waals surface area contributed by atoms with Crippen molar-refractivity contribution < 1.29 is 12.9 Å². The van der Waals surface area contributed by atoms with E-state index >= 15 is 0 Å². The summed E-state index contributed by atoms with van der Waals surface area (Å²) in [6.45, 7) is 7.40. The topological polar surface area (TPSA) is 79.5 Å². The third kappa shape index (κ3) is 5.89.